The first-order valence-corrected chi connectivity index (χ1v) is 7.10. The van der Waals surface area contributed by atoms with Crippen molar-refractivity contribution in [2.75, 3.05) is 0 Å². The fraction of sp³-hybridized carbons (Fsp3) is 0.0667. The normalized spacial score (nSPS) is 11.7. The number of fused-ring (bicyclic) bond motifs is 1. The number of hydrogen-bond acceptors (Lipinski definition) is 3. The lowest BCUT2D eigenvalue weighted by Gasteiger charge is -2.10. The Morgan fingerprint density at radius 1 is 0.957 bits per heavy atom. The summed E-state index contributed by atoms with van der Waals surface area (Å²) in [6.45, 7) is 0. The van der Waals surface area contributed by atoms with Crippen LogP contribution in [0.1, 0.15) is 0 Å². The molecule has 1 aromatic heterocycles. The van der Waals surface area contributed by atoms with Crippen molar-refractivity contribution in [1.82, 2.24) is 9.97 Å². The van der Waals surface area contributed by atoms with Crippen molar-refractivity contribution >= 4 is 26.8 Å². The summed E-state index contributed by atoms with van der Waals surface area (Å²) in [4.78, 5) is 8.31. The van der Waals surface area contributed by atoms with Crippen LogP contribution in [-0.2, 0) is 0 Å². The molecule has 118 valence electrons. The Balaban J connectivity index is 2.06. The van der Waals surface area contributed by atoms with Gasteiger partial charge in [0.1, 0.15) is 11.6 Å². The van der Waals surface area contributed by atoms with Crippen molar-refractivity contribution in [3.05, 3.63) is 53.0 Å². The van der Waals surface area contributed by atoms with Crippen LogP contribution in [0, 0.1) is 5.82 Å². The molecule has 0 atom stereocenters. The molecule has 8 heteroatoms. The van der Waals surface area contributed by atoms with Gasteiger partial charge in [0, 0.05) is 17.0 Å². The molecular formula is C15H7BrF4N2O. The van der Waals surface area contributed by atoms with Crippen molar-refractivity contribution in [3.63, 3.8) is 0 Å². The van der Waals surface area contributed by atoms with E-state index in [1.165, 1.54) is 42.5 Å². The second-order valence-corrected chi connectivity index (χ2v) is 5.28. The van der Waals surface area contributed by atoms with Crippen molar-refractivity contribution < 1.29 is 22.3 Å². The van der Waals surface area contributed by atoms with Gasteiger partial charge >= 0.3 is 6.36 Å². The van der Waals surface area contributed by atoms with E-state index in [9.17, 15) is 17.6 Å². The molecule has 0 saturated carbocycles. The molecule has 0 aliphatic rings. The van der Waals surface area contributed by atoms with Crippen LogP contribution in [0.2, 0.25) is 0 Å². The molecule has 0 bridgehead atoms. The van der Waals surface area contributed by atoms with Gasteiger partial charge in [0.05, 0.1) is 11.2 Å². The first-order chi connectivity index (χ1) is 10.8. The maximum atomic E-state index is 13.3. The summed E-state index contributed by atoms with van der Waals surface area (Å²) < 4.78 is 53.9. The lowest BCUT2D eigenvalue weighted by molar-refractivity contribution is -0.274. The van der Waals surface area contributed by atoms with E-state index in [1.807, 2.05) is 0 Å². The van der Waals surface area contributed by atoms with Gasteiger partial charge in [-0.3, -0.25) is 0 Å². The minimum atomic E-state index is -4.75. The summed E-state index contributed by atoms with van der Waals surface area (Å²) >= 11 is 3.14. The predicted octanol–water partition coefficient (Wildman–Crippen LogP) is 5.10. The van der Waals surface area contributed by atoms with Crippen molar-refractivity contribution in [2.24, 2.45) is 0 Å². The highest BCUT2D eigenvalue weighted by Crippen LogP contribution is 2.30. The molecule has 0 N–H and O–H groups in total. The summed E-state index contributed by atoms with van der Waals surface area (Å²) in [7, 11) is 0. The van der Waals surface area contributed by atoms with Crippen LogP contribution in [0.25, 0.3) is 22.2 Å². The predicted molar refractivity (Wildman–Crippen MR) is 79.3 cm³/mol. The van der Waals surface area contributed by atoms with Crippen LogP contribution >= 0.6 is 15.9 Å². The first kappa shape index (κ1) is 15.7. The highest BCUT2D eigenvalue weighted by Gasteiger charge is 2.31. The van der Waals surface area contributed by atoms with E-state index >= 15 is 0 Å². The molecule has 0 unspecified atom stereocenters. The standard InChI is InChI=1S/C15H7BrF4N2O/c16-14-21-12-7-9(17)3-6-11(12)13(22-14)8-1-4-10(5-2-8)23-15(18,19)20/h1-7H. The fourth-order valence-electron chi connectivity index (χ4n) is 2.11. The molecule has 0 spiro atoms. The Labute approximate surface area is 136 Å². The molecule has 3 rings (SSSR count). The number of alkyl halides is 3. The summed E-state index contributed by atoms with van der Waals surface area (Å²) in [6, 6.07) is 9.31. The minimum absolute atomic E-state index is 0.251. The highest BCUT2D eigenvalue weighted by atomic mass is 79.9. The molecule has 0 radical (unpaired) electrons. The Hall–Kier alpha value is -2.22. The lowest BCUT2D eigenvalue weighted by atomic mass is 10.1. The van der Waals surface area contributed by atoms with Crippen LogP contribution in [0.4, 0.5) is 17.6 Å². The third kappa shape index (κ3) is 3.58. The molecule has 3 nitrogen and oxygen atoms in total. The first-order valence-electron chi connectivity index (χ1n) is 6.31. The van der Waals surface area contributed by atoms with Gasteiger partial charge in [-0.05, 0) is 52.3 Å². The Bertz CT molecular complexity index is 860. The summed E-state index contributed by atoms with van der Waals surface area (Å²) in [6.07, 6.45) is -4.75. The second-order valence-electron chi connectivity index (χ2n) is 4.57. The van der Waals surface area contributed by atoms with Gasteiger partial charge in [-0.2, -0.15) is 0 Å². The van der Waals surface area contributed by atoms with Crippen molar-refractivity contribution in [3.8, 4) is 17.0 Å². The quantitative estimate of drug-likeness (QED) is 0.454. The van der Waals surface area contributed by atoms with Gasteiger partial charge in [0.25, 0.3) is 0 Å². The van der Waals surface area contributed by atoms with Crippen LogP contribution in [0.5, 0.6) is 5.75 Å². The molecule has 0 aliphatic carbocycles. The van der Waals surface area contributed by atoms with Crippen molar-refractivity contribution in [2.45, 2.75) is 6.36 Å². The fourth-order valence-corrected chi connectivity index (χ4v) is 2.48. The molecule has 0 aliphatic heterocycles. The minimum Gasteiger partial charge on any atom is -0.406 e. The van der Waals surface area contributed by atoms with Crippen LogP contribution < -0.4 is 4.74 Å². The van der Waals surface area contributed by atoms with Gasteiger partial charge in [-0.15, -0.1) is 13.2 Å². The van der Waals surface area contributed by atoms with E-state index in [0.717, 1.165) is 0 Å². The van der Waals surface area contributed by atoms with E-state index < -0.39 is 12.2 Å². The SMILES string of the molecule is Fc1ccc2c(-c3ccc(OC(F)(F)F)cc3)nc(Br)nc2c1. The number of benzene rings is 2. The van der Waals surface area contributed by atoms with Crippen LogP contribution in [0.3, 0.4) is 0 Å². The van der Waals surface area contributed by atoms with E-state index in [4.69, 9.17) is 0 Å². The summed E-state index contributed by atoms with van der Waals surface area (Å²) in [5, 5.41) is 0.582. The number of halogens is 5. The van der Waals surface area contributed by atoms with E-state index in [0.29, 0.717) is 22.2 Å². The zero-order valence-electron chi connectivity index (χ0n) is 11.2. The smallest absolute Gasteiger partial charge is 0.406 e. The Kier molecular flexibility index (Phi) is 3.93. The average molecular weight is 387 g/mol. The molecule has 0 amide bonds. The molecule has 0 fully saturated rings. The third-order valence-corrected chi connectivity index (χ3v) is 3.35. The third-order valence-electron chi connectivity index (χ3n) is 2.99. The van der Waals surface area contributed by atoms with E-state index in [2.05, 4.69) is 30.6 Å². The van der Waals surface area contributed by atoms with E-state index in [-0.39, 0.29) is 10.5 Å². The monoisotopic (exact) mass is 386 g/mol. The van der Waals surface area contributed by atoms with E-state index in [1.54, 1.807) is 0 Å². The Morgan fingerprint density at radius 3 is 2.30 bits per heavy atom. The molecular weight excluding hydrogens is 380 g/mol. The average Bonchev–Trinajstić information content (AvgIpc) is 2.45. The molecule has 23 heavy (non-hydrogen) atoms. The number of aromatic nitrogens is 2. The number of rotatable bonds is 2. The maximum absolute atomic E-state index is 13.3. The largest absolute Gasteiger partial charge is 0.573 e. The van der Waals surface area contributed by atoms with Gasteiger partial charge in [-0.25, -0.2) is 14.4 Å². The van der Waals surface area contributed by atoms with Gasteiger partial charge in [-0.1, -0.05) is 0 Å². The van der Waals surface area contributed by atoms with Gasteiger partial charge in [0.15, 0.2) is 4.73 Å². The zero-order chi connectivity index (χ0) is 16.6. The highest BCUT2D eigenvalue weighted by molar-refractivity contribution is 9.10. The number of hydrogen-bond donors (Lipinski definition) is 0. The Morgan fingerprint density at radius 2 is 1.65 bits per heavy atom. The number of ether oxygens (including phenoxy) is 1. The molecule has 1 heterocycles. The lowest BCUT2D eigenvalue weighted by Crippen LogP contribution is -2.16. The second kappa shape index (κ2) is 5.77. The van der Waals surface area contributed by atoms with Crippen LogP contribution in [0.15, 0.2) is 47.2 Å². The maximum Gasteiger partial charge on any atom is 0.573 e. The van der Waals surface area contributed by atoms with Gasteiger partial charge < -0.3 is 4.74 Å². The molecule has 3 aromatic rings. The molecule has 0 saturated heterocycles. The summed E-state index contributed by atoms with van der Waals surface area (Å²) in [5.41, 5.74) is 1.41. The topological polar surface area (TPSA) is 35.0 Å². The van der Waals surface area contributed by atoms with Crippen LogP contribution in [-0.4, -0.2) is 16.3 Å². The number of nitrogens with zero attached hydrogens (tertiary/aromatic N) is 2. The van der Waals surface area contributed by atoms with Crippen molar-refractivity contribution in [1.29, 1.82) is 0 Å². The zero-order valence-corrected chi connectivity index (χ0v) is 12.8. The summed E-state index contributed by atoms with van der Waals surface area (Å²) in [5.74, 6) is -0.771. The molecule has 2 aromatic carbocycles. The van der Waals surface area contributed by atoms with Gasteiger partial charge in [0.2, 0.25) is 0 Å².